The van der Waals surface area contributed by atoms with Gasteiger partial charge in [-0.05, 0) is 26.0 Å². The van der Waals surface area contributed by atoms with E-state index in [4.69, 9.17) is 0 Å². The van der Waals surface area contributed by atoms with Gasteiger partial charge in [-0.15, -0.1) is 0 Å². The third-order valence-electron chi connectivity index (χ3n) is 3.65. The van der Waals surface area contributed by atoms with E-state index < -0.39 is 11.7 Å². The van der Waals surface area contributed by atoms with Crippen LogP contribution in [-0.4, -0.2) is 21.5 Å². The van der Waals surface area contributed by atoms with Crippen molar-refractivity contribution < 1.29 is 18.0 Å². The quantitative estimate of drug-likeness (QED) is 0.797. The van der Waals surface area contributed by atoms with E-state index in [9.17, 15) is 18.0 Å². The van der Waals surface area contributed by atoms with E-state index in [0.29, 0.717) is 5.39 Å². The molecular formula is C15H17F3N2O. The van der Waals surface area contributed by atoms with Crippen molar-refractivity contribution in [1.82, 2.24) is 9.55 Å². The zero-order valence-corrected chi connectivity index (χ0v) is 12.3. The molecule has 0 spiro atoms. The molecule has 0 amide bonds. The van der Waals surface area contributed by atoms with E-state index in [1.54, 1.807) is 26.0 Å². The number of fused-ring (bicyclic) bond motifs is 1. The van der Waals surface area contributed by atoms with Crippen LogP contribution in [0, 0.1) is 5.92 Å². The van der Waals surface area contributed by atoms with Crippen molar-refractivity contribution in [3.63, 3.8) is 0 Å². The van der Waals surface area contributed by atoms with Crippen LogP contribution in [0.1, 0.15) is 38.1 Å². The molecule has 0 unspecified atom stereocenters. The molecule has 0 saturated heterocycles. The molecule has 2 aromatic heterocycles. The Labute approximate surface area is 120 Å². The predicted molar refractivity (Wildman–Crippen MR) is 74.3 cm³/mol. The van der Waals surface area contributed by atoms with Crippen LogP contribution < -0.4 is 0 Å². The summed E-state index contributed by atoms with van der Waals surface area (Å²) < 4.78 is 40.9. The van der Waals surface area contributed by atoms with Gasteiger partial charge in [-0.1, -0.05) is 13.8 Å². The lowest BCUT2D eigenvalue weighted by Crippen LogP contribution is -2.41. The first kappa shape index (κ1) is 15.5. The smallest absolute Gasteiger partial charge is 0.317 e. The van der Waals surface area contributed by atoms with Crippen LogP contribution in [0.5, 0.6) is 0 Å². The fourth-order valence-corrected chi connectivity index (χ4v) is 2.13. The molecule has 2 rings (SSSR count). The molecule has 0 bridgehead atoms. The number of aromatic nitrogens is 2. The minimum atomic E-state index is -4.45. The number of halogens is 3. The molecule has 0 aliphatic heterocycles. The molecule has 0 fully saturated rings. The van der Waals surface area contributed by atoms with Crippen LogP contribution in [0.2, 0.25) is 0 Å². The second-order valence-electron chi connectivity index (χ2n) is 5.86. The van der Waals surface area contributed by atoms with Crippen molar-refractivity contribution in [3.05, 3.63) is 30.1 Å². The van der Waals surface area contributed by atoms with Crippen LogP contribution in [0.4, 0.5) is 13.2 Å². The molecule has 0 aromatic carbocycles. The topological polar surface area (TPSA) is 34.9 Å². The van der Waals surface area contributed by atoms with Crippen LogP contribution in [0.3, 0.4) is 0 Å². The van der Waals surface area contributed by atoms with Gasteiger partial charge in [-0.25, -0.2) is 4.98 Å². The molecule has 2 heterocycles. The zero-order chi connectivity index (χ0) is 16.0. The van der Waals surface area contributed by atoms with Crippen LogP contribution >= 0.6 is 0 Å². The number of hydrogen-bond acceptors (Lipinski definition) is 2. The Morgan fingerprint density at radius 3 is 2.43 bits per heavy atom. The van der Waals surface area contributed by atoms with Gasteiger partial charge < -0.3 is 4.57 Å². The Balaban J connectivity index is 2.75. The van der Waals surface area contributed by atoms with Crippen molar-refractivity contribution >= 4 is 16.8 Å². The first-order chi connectivity index (χ1) is 9.57. The fourth-order valence-electron chi connectivity index (χ4n) is 2.13. The zero-order valence-electron chi connectivity index (χ0n) is 12.3. The number of carbonyl (C=O) groups is 1. The largest absolute Gasteiger partial charge is 0.411 e. The summed E-state index contributed by atoms with van der Waals surface area (Å²) in [6.45, 7) is 5.59. The highest BCUT2D eigenvalue weighted by Crippen LogP contribution is 2.39. The Hall–Kier alpha value is -1.85. The highest BCUT2D eigenvalue weighted by Gasteiger charge is 2.49. The second-order valence-corrected chi connectivity index (χ2v) is 5.86. The molecule has 0 aliphatic carbocycles. The molecule has 0 radical (unpaired) electrons. The summed E-state index contributed by atoms with van der Waals surface area (Å²) >= 11 is 0. The van der Waals surface area contributed by atoms with E-state index in [1.807, 2.05) is 0 Å². The third-order valence-corrected chi connectivity index (χ3v) is 3.65. The Bertz CT molecular complexity index is 684. The van der Waals surface area contributed by atoms with Crippen molar-refractivity contribution in [2.24, 2.45) is 5.92 Å². The van der Waals surface area contributed by atoms with Gasteiger partial charge in [-0.2, -0.15) is 13.2 Å². The number of nitrogens with zero attached hydrogens (tertiary/aromatic N) is 2. The van der Waals surface area contributed by atoms with Crippen LogP contribution in [-0.2, 0) is 5.54 Å². The maximum atomic E-state index is 13.3. The fraction of sp³-hybridized carbons (Fsp3) is 0.467. The number of ketones is 1. The number of pyridine rings is 1. The van der Waals surface area contributed by atoms with E-state index in [0.717, 1.165) is 18.4 Å². The Kier molecular flexibility index (Phi) is 3.59. The number of carbonyl (C=O) groups excluding carboxylic acids is 1. The minimum Gasteiger partial charge on any atom is -0.317 e. The average Bonchev–Trinajstić information content (AvgIpc) is 2.76. The maximum absolute atomic E-state index is 13.3. The Morgan fingerprint density at radius 2 is 1.90 bits per heavy atom. The van der Waals surface area contributed by atoms with E-state index in [-0.39, 0.29) is 22.9 Å². The third kappa shape index (κ3) is 2.43. The molecule has 6 heteroatoms. The molecule has 0 N–H and O–H groups in total. The van der Waals surface area contributed by atoms with Crippen molar-refractivity contribution in [2.75, 3.05) is 0 Å². The van der Waals surface area contributed by atoms with Gasteiger partial charge in [-0.3, -0.25) is 4.79 Å². The molecule has 0 aliphatic rings. The lowest BCUT2D eigenvalue weighted by atomic mass is 10.0. The predicted octanol–water partition coefficient (Wildman–Crippen LogP) is 4.17. The van der Waals surface area contributed by atoms with Crippen LogP contribution in [0.25, 0.3) is 11.0 Å². The molecule has 2 aromatic rings. The minimum absolute atomic E-state index is 0.170. The summed E-state index contributed by atoms with van der Waals surface area (Å²) in [7, 11) is 0. The molecule has 21 heavy (non-hydrogen) atoms. The SMILES string of the molecule is CC(C)C(=O)c1cn(C(C)(C)C(F)(F)F)c2ncccc12. The number of alkyl halides is 3. The first-order valence-corrected chi connectivity index (χ1v) is 6.65. The van der Waals surface area contributed by atoms with Crippen molar-refractivity contribution in [1.29, 1.82) is 0 Å². The van der Waals surface area contributed by atoms with Gasteiger partial charge in [0.25, 0.3) is 0 Å². The van der Waals surface area contributed by atoms with Gasteiger partial charge in [0.15, 0.2) is 5.78 Å². The van der Waals surface area contributed by atoms with Gasteiger partial charge >= 0.3 is 6.18 Å². The lowest BCUT2D eigenvalue weighted by Gasteiger charge is -2.30. The molecule has 3 nitrogen and oxygen atoms in total. The molecular weight excluding hydrogens is 281 g/mol. The van der Waals surface area contributed by atoms with Gasteiger partial charge in [0.05, 0.1) is 0 Å². The van der Waals surface area contributed by atoms with E-state index in [2.05, 4.69) is 4.98 Å². The summed E-state index contributed by atoms with van der Waals surface area (Å²) in [5.41, 5.74) is -1.69. The Morgan fingerprint density at radius 1 is 1.29 bits per heavy atom. The van der Waals surface area contributed by atoms with Gasteiger partial charge in [0.1, 0.15) is 11.2 Å². The summed E-state index contributed by atoms with van der Waals surface area (Å²) in [6, 6.07) is 3.24. The van der Waals surface area contributed by atoms with Crippen LogP contribution in [0.15, 0.2) is 24.5 Å². The van der Waals surface area contributed by atoms with Crippen molar-refractivity contribution in [2.45, 2.75) is 39.4 Å². The lowest BCUT2D eigenvalue weighted by molar-refractivity contribution is -0.201. The molecule has 0 atom stereocenters. The summed E-state index contributed by atoms with van der Waals surface area (Å²) in [4.78, 5) is 16.3. The maximum Gasteiger partial charge on any atom is 0.411 e. The number of hydrogen-bond donors (Lipinski definition) is 0. The van der Waals surface area contributed by atoms with Gasteiger partial charge in [0.2, 0.25) is 0 Å². The highest BCUT2D eigenvalue weighted by atomic mass is 19.4. The molecule has 0 saturated carbocycles. The van der Waals surface area contributed by atoms with E-state index in [1.165, 1.54) is 12.4 Å². The number of Topliss-reactive ketones (excluding diaryl/α,β-unsaturated/α-hetero) is 1. The number of rotatable bonds is 3. The second kappa shape index (κ2) is 4.86. The van der Waals surface area contributed by atoms with Gasteiger partial charge in [0, 0.05) is 29.3 Å². The highest BCUT2D eigenvalue weighted by molar-refractivity contribution is 6.08. The standard InChI is InChI=1S/C15H17F3N2O/c1-9(2)12(21)11-8-20(14(3,4)15(16,17)18)13-10(11)6-5-7-19-13/h5-9H,1-4H3. The summed E-state index contributed by atoms with van der Waals surface area (Å²) in [6.07, 6.45) is -1.75. The van der Waals surface area contributed by atoms with E-state index >= 15 is 0 Å². The van der Waals surface area contributed by atoms with Crippen molar-refractivity contribution in [3.8, 4) is 0 Å². The summed E-state index contributed by atoms with van der Waals surface area (Å²) in [5.74, 6) is -0.483. The average molecular weight is 298 g/mol. The normalized spacial score (nSPS) is 13.1. The summed E-state index contributed by atoms with van der Waals surface area (Å²) in [5, 5.41) is 0.452. The monoisotopic (exact) mass is 298 g/mol. The molecule has 114 valence electrons. The first-order valence-electron chi connectivity index (χ1n) is 6.65.